The van der Waals surface area contributed by atoms with Crippen molar-refractivity contribution in [2.75, 3.05) is 0 Å². The normalized spacial score (nSPS) is 13.5. The van der Waals surface area contributed by atoms with E-state index in [1.54, 1.807) is 0 Å². The van der Waals surface area contributed by atoms with Crippen LogP contribution in [0, 0.1) is 11.6 Å². The average molecular weight is 327 g/mol. The molecule has 0 saturated carbocycles. The van der Waals surface area contributed by atoms with Crippen LogP contribution in [0.25, 0.3) is 5.57 Å². The summed E-state index contributed by atoms with van der Waals surface area (Å²) < 4.78 is 28.8. The number of hydrogen-bond donors (Lipinski definition) is 1. The Labute approximate surface area is 137 Å². The minimum absolute atomic E-state index is 0.133. The third-order valence-corrected chi connectivity index (χ3v) is 3.82. The number of nitrogens with zero attached hydrogens (tertiary/aromatic N) is 3. The van der Waals surface area contributed by atoms with Crippen molar-refractivity contribution in [3.8, 4) is 0 Å². The molecule has 4 nitrogen and oxygen atoms in total. The predicted octanol–water partition coefficient (Wildman–Crippen LogP) is 3.54. The van der Waals surface area contributed by atoms with Crippen molar-refractivity contribution in [3.05, 3.63) is 90.5 Å². The first-order chi connectivity index (χ1) is 11.6. The fraction of sp³-hybridized carbons (Fsp3) is 0.111. The van der Waals surface area contributed by atoms with Crippen LogP contribution < -0.4 is 0 Å². The first kappa shape index (κ1) is 16.0. The third kappa shape index (κ3) is 3.09. The first-order valence-electron chi connectivity index (χ1n) is 7.29. The number of hydrogen-bond acceptors (Lipinski definition) is 3. The minimum atomic E-state index is -1.24. The second kappa shape index (κ2) is 6.72. The Bertz CT molecular complexity index is 835. The van der Waals surface area contributed by atoms with Crippen LogP contribution in [0.1, 0.15) is 23.3 Å². The quantitative estimate of drug-likeness (QED) is 0.780. The van der Waals surface area contributed by atoms with Crippen LogP contribution in [0.2, 0.25) is 0 Å². The van der Waals surface area contributed by atoms with Gasteiger partial charge in [0.1, 0.15) is 24.3 Å². The van der Waals surface area contributed by atoms with E-state index in [2.05, 4.69) is 16.7 Å². The number of rotatable bonds is 5. The summed E-state index contributed by atoms with van der Waals surface area (Å²) in [6.45, 7) is 4.01. The molecule has 0 amide bonds. The Morgan fingerprint density at radius 2 is 1.88 bits per heavy atom. The third-order valence-electron chi connectivity index (χ3n) is 3.82. The van der Waals surface area contributed by atoms with Gasteiger partial charge in [0.25, 0.3) is 0 Å². The molecule has 0 aliphatic heterocycles. The van der Waals surface area contributed by atoms with Gasteiger partial charge in [-0.25, -0.2) is 18.4 Å². The van der Waals surface area contributed by atoms with Crippen LogP contribution >= 0.6 is 0 Å². The van der Waals surface area contributed by atoms with Crippen molar-refractivity contribution in [2.45, 2.75) is 12.1 Å². The topological polar surface area (TPSA) is 50.9 Å². The minimum Gasteiger partial charge on any atom is -0.371 e. The van der Waals surface area contributed by atoms with Crippen LogP contribution in [0.3, 0.4) is 0 Å². The van der Waals surface area contributed by atoms with Gasteiger partial charge in [-0.05, 0) is 17.2 Å². The standard InChI is InChI=1S/C18H15F2N3O/c1-12(13-5-3-2-4-6-13)17(18(24)23-11-21-10-22-23)15-8-7-14(19)9-16(15)20/h2-11,17-18,24H,1H2. The summed E-state index contributed by atoms with van der Waals surface area (Å²) in [4.78, 5) is 3.80. The maximum absolute atomic E-state index is 14.3. The largest absolute Gasteiger partial charge is 0.371 e. The van der Waals surface area contributed by atoms with E-state index in [0.29, 0.717) is 5.57 Å². The molecule has 122 valence electrons. The van der Waals surface area contributed by atoms with E-state index in [9.17, 15) is 13.9 Å². The van der Waals surface area contributed by atoms with Gasteiger partial charge >= 0.3 is 0 Å². The van der Waals surface area contributed by atoms with Gasteiger partial charge in [-0.15, -0.1) is 0 Å². The molecule has 0 aliphatic rings. The number of aliphatic hydroxyl groups is 1. The summed E-state index contributed by atoms with van der Waals surface area (Å²) in [6, 6.07) is 12.4. The van der Waals surface area contributed by atoms with Gasteiger partial charge < -0.3 is 5.11 Å². The molecule has 0 saturated heterocycles. The van der Waals surface area contributed by atoms with Gasteiger partial charge in [0.05, 0.1) is 5.92 Å². The Kier molecular flexibility index (Phi) is 4.48. The lowest BCUT2D eigenvalue weighted by atomic mass is 9.86. The molecule has 0 bridgehead atoms. The molecule has 1 aromatic heterocycles. The molecule has 1 heterocycles. The highest BCUT2D eigenvalue weighted by Crippen LogP contribution is 2.39. The highest BCUT2D eigenvalue weighted by Gasteiger charge is 2.29. The van der Waals surface area contributed by atoms with Gasteiger partial charge in [0.2, 0.25) is 0 Å². The molecule has 1 N–H and O–H groups in total. The molecule has 6 heteroatoms. The van der Waals surface area contributed by atoms with Crippen molar-refractivity contribution in [1.82, 2.24) is 14.8 Å². The summed E-state index contributed by atoms with van der Waals surface area (Å²) in [5.74, 6) is -2.29. The van der Waals surface area contributed by atoms with Gasteiger partial charge in [-0.1, -0.05) is 43.0 Å². The van der Waals surface area contributed by atoms with Crippen LogP contribution in [-0.2, 0) is 0 Å². The summed E-state index contributed by atoms with van der Waals surface area (Å²) in [5.41, 5.74) is 1.36. The Balaban J connectivity index is 2.08. The van der Waals surface area contributed by atoms with Crippen LogP contribution in [-0.4, -0.2) is 19.9 Å². The Morgan fingerprint density at radius 1 is 1.12 bits per heavy atom. The lowest BCUT2D eigenvalue weighted by molar-refractivity contribution is 0.0774. The molecule has 0 aliphatic carbocycles. The smallest absolute Gasteiger partial charge is 0.159 e. The Hall–Kier alpha value is -2.86. The lowest BCUT2D eigenvalue weighted by Crippen LogP contribution is -2.20. The molecule has 3 rings (SSSR count). The van der Waals surface area contributed by atoms with E-state index in [1.165, 1.54) is 23.4 Å². The van der Waals surface area contributed by atoms with Crippen LogP contribution in [0.4, 0.5) is 8.78 Å². The number of aliphatic hydroxyl groups excluding tert-OH is 1. The number of benzene rings is 2. The molecular weight excluding hydrogens is 312 g/mol. The van der Waals surface area contributed by atoms with E-state index in [4.69, 9.17) is 0 Å². The second-order valence-electron chi connectivity index (χ2n) is 5.32. The molecule has 2 aromatic carbocycles. The highest BCUT2D eigenvalue weighted by molar-refractivity contribution is 5.70. The summed E-state index contributed by atoms with van der Waals surface area (Å²) in [6.07, 6.45) is 1.37. The van der Waals surface area contributed by atoms with Crippen LogP contribution in [0.5, 0.6) is 0 Å². The number of aromatic nitrogens is 3. The zero-order valence-electron chi connectivity index (χ0n) is 12.7. The van der Waals surface area contributed by atoms with Crippen molar-refractivity contribution >= 4 is 5.57 Å². The van der Waals surface area contributed by atoms with Crippen molar-refractivity contribution in [2.24, 2.45) is 0 Å². The van der Waals surface area contributed by atoms with Crippen molar-refractivity contribution < 1.29 is 13.9 Å². The van der Waals surface area contributed by atoms with E-state index in [1.807, 2.05) is 30.3 Å². The van der Waals surface area contributed by atoms with E-state index < -0.39 is 23.8 Å². The van der Waals surface area contributed by atoms with E-state index in [-0.39, 0.29) is 5.56 Å². The van der Waals surface area contributed by atoms with E-state index in [0.717, 1.165) is 17.7 Å². The predicted molar refractivity (Wildman–Crippen MR) is 85.9 cm³/mol. The molecule has 24 heavy (non-hydrogen) atoms. The molecular formula is C18H15F2N3O. The fourth-order valence-corrected chi connectivity index (χ4v) is 2.62. The summed E-state index contributed by atoms with van der Waals surface area (Å²) in [7, 11) is 0. The average Bonchev–Trinajstić information content (AvgIpc) is 3.12. The molecule has 0 spiro atoms. The second-order valence-corrected chi connectivity index (χ2v) is 5.32. The van der Waals surface area contributed by atoms with Gasteiger partial charge in [0.15, 0.2) is 6.23 Å². The number of halogens is 2. The maximum Gasteiger partial charge on any atom is 0.159 e. The summed E-state index contributed by atoms with van der Waals surface area (Å²) in [5, 5.41) is 14.6. The van der Waals surface area contributed by atoms with E-state index >= 15 is 0 Å². The zero-order chi connectivity index (χ0) is 17.1. The fourth-order valence-electron chi connectivity index (χ4n) is 2.62. The van der Waals surface area contributed by atoms with Crippen LogP contribution in [0.15, 0.2) is 67.8 Å². The SMILES string of the molecule is C=C(c1ccccc1)C(c1ccc(F)cc1F)C(O)n1cncn1. The van der Waals surface area contributed by atoms with Gasteiger partial charge in [-0.2, -0.15) is 5.10 Å². The molecule has 0 radical (unpaired) electrons. The Morgan fingerprint density at radius 3 is 2.50 bits per heavy atom. The van der Waals surface area contributed by atoms with Gasteiger partial charge in [-0.3, -0.25) is 0 Å². The first-order valence-corrected chi connectivity index (χ1v) is 7.29. The molecule has 0 fully saturated rings. The zero-order valence-corrected chi connectivity index (χ0v) is 12.7. The van der Waals surface area contributed by atoms with Crippen molar-refractivity contribution in [1.29, 1.82) is 0 Å². The monoisotopic (exact) mass is 327 g/mol. The van der Waals surface area contributed by atoms with Gasteiger partial charge in [0, 0.05) is 11.6 Å². The van der Waals surface area contributed by atoms with Crippen molar-refractivity contribution in [3.63, 3.8) is 0 Å². The molecule has 2 atom stereocenters. The molecule has 2 unspecified atom stereocenters. The highest BCUT2D eigenvalue weighted by atomic mass is 19.1. The maximum atomic E-state index is 14.3. The lowest BCUT2D eigenvalue weighted by Gasteiger charge is -2.26. The molecule has 3 aromatic rings. The summed E-state index contributed by atoms with van der Waals surface area (Å²) >= 11 is 0.